The average Bonchev–Trinajstić information content (AvgIpc) is 3.24. The van der Waals surface area contributed by atoms with Gasteiger partial charge in [0.1, 0.15) is 6.10 Å². The molecular formula is C27H46O4Si. The molecule has 0 aromatic rings. The van der Waals surface area contributed by atoms with Gasteiger partial charge in [0.05, 0.1) is 25.2 Å². The molecule has 0 bridgehead atoms. The summed E-state index contributed by atoms with van der Waals surface area (Å²) in [4.78, 5) is 0. The summed E-state index contributed by atoms with van der Waals surface area (Å²) in [5, 5.41) is 11.2. The van der Waals surface area contributed by atoms with Gasteiger partial charge in [-0.15, -0.1) is 0 Å². The van der Waals surface area contributed by atoms with Crippen LogP contribution in [0.15, 0.2) is 0 Å². The molecule has 1 aliphatic heterocycles. The number of aliphatic hydroxyl groups is 1. The maximum Gasteiger partial charge on any atom is 0.193 e. The van der Waals surface area contributed by atoms with Gasteiger partial charge in [-0.2, -0.15) is 0 Å². The summed E-state index contributed by atoms with van der Waals surface area (Å²) in [6.45, 7) is 15.2. The molecule has 0 radical (unpaired) electrons. The number of fused-ring (bicyclic) bond motifs is 2. The van der Waals surface area contributed by atoms with Crippen LogP contribution < -0.4 is 0 Å². The number of hydrogen-bond acceptors (Lipinski definition) is 4. The molecule has 3 aliphatic carbocycles. The Labute approximate surface area is 197 Å². The van der Waals surface area contributed by atoms with Crippen molar-refractivity contribution >= 4 is 8.32 Å². The largest absolute Gasteiger partial charge is 0.403 e. The monoisotopic (exact) mass is 462 g/mol. The van der Waals surface area contributed by atoms with E-state index in [1.807, 2.05) is 0 Å². The molecule has 5 atom stereocenters. The fourth-order valence-corrected chi connectivity index (χ4v) is 7.90. The van der Waals surface area contributed by atoms with Crippen molar-refractivity contribution in [3.8, 4) is 11.8 Å². The van der Waals surface area contributed by atoms with Gasteiger partial charge in [-0.05, 0) is 62.1 Å². The molecule has 1 spiro atoms. The standard InChI is InChI=1S/C27H46O4Si/c1-7-26-16-15-23(28)21(22(26)19-27(26)29-17-18-30-27)13-14-24(20-11-9-8-10-12-20)31-32(5,6)25(2,3)4/h20-24,28H,7-12,15-19H2,1-6H3/t21-,22-,23-,24-,26+/m0/s1. The van der Waals surface area contributed by atoms with Crippen LogP contribution in [-0.4, -0.2) is 44.6 Å². The van der Waals surface area contributed by atoms with E-state index in [1.54, 1.807) is 0 Å². The molecule has 0 aromatic carbocycles. The zero-order valence-corrected chi connectivity index (χ0v) is 22.3. The van der Waals surface area contributed by atoms with E-state index in [9.17, 15) is 5.11 Å². The zero-order valence-electron chi connectivity index (χ0n) is 21.3. The summed E-state index contributed by atoms with van der Waals surface area (Å²) in [5.41, 5.74) is 0.00268. The predicted molar refractivity (Wildman–Crippen MR) is 131 cm³/mol. The Hall–Kier alpha value is -0.383. The van der Waals surface area contributed by atoms with E-state index in [0.29, 0.717) is 25.0 Å². The molecule has 0 unspecified atom stereocenters. The van der Waals surface area contributed by atoms with E-state index in [2.05, 4.69) is 52.6 Å². The molecule has 4 aliphatic rings. The number of ether oxygens (including phenoxy) is 2. The summed E-state index contributed by atoms with van der Waals surface area (Å²) in [6, 6.07) is 0. The van der Waals surface area contributed by atoms with E-state index < -0.39 is 14.1 Å². The van der Waals surface area contributed by atoms with Crippen molar-refractivity contribution in [1.82, 2.24) is 0 Å². The first-order valence-electron chi connectivity index (χ1n) is 13.2. The second kappa shape index (κ2) is 9.00. The summed E-state index contributed by atoms with van der Waals surface area (Å²) >= 11 is 0. The van der Waals surface area contributed by atoms with Gasteiger partial charge in [0.15, 0.2) is 14.1 Å². The summed E-state index contributed by atoms with van der Waals surface area (Å²) in [7, 11) is -1.93. The Morgan fingerprint density at radius 1 is 1.09 bits per heavy atom. The highest BCUT2D eigenvalue weighted by Crippen LogP contribution is 2.67. The lowest BCUT2D eigenvalue weighted by Gasteiger charge is -2.65. The first-order chi connectivity index (χ1) is 15.1. The Morgan fingerprint density at radius 2 is 1.75 bits per heavy atom. The second-order valence-corrected chi connectivity index (χ2v) is 17.1. The van der Waals surface area contributed by atoms with E-state index in [-0.39, 0.29) is 28.6 Å². The van der Waals surface area contributed by atoms with Gasteiger partial charge in [-0.1, -0.05) is 58.8 Å². The molecular weight excluding hydrogens is 416 g/mol. The van der Waals surface area contributed by atoms with Crippen molar-refractivity contribution < 1.29 is 19.0 Å². The topological polar surface area (TPSA) is 47.9 Å². The molecule has 1 saturated heterocycles. The Bertz CT molecular complexity index is 720. The van der Waals surface area contributed by atoms with Crippen molar-refractivity contribution in [2.45, 2.75) is 122 Å². The fourth-order valence-electron chi connectivity index (χ4n) is 6.66. The van der Waals surface area contributed by atoms with E-state index in [4.69, 9.17) is 13.9 Å². The third-order valence-corrected chi connectivity index (χ3v) is 14.2. The molecule has 1 heterocycles. The van der Waals surface area contributed by atoms with Gasteiger partial charge in [-0.25, -0.2) is 0 Å². The fraction of sp³-hybridized carbons (Fsp3) is 0.926. The van der Waals surface area contributed by atoms with Crippen molar-refractivity contribution in [2.24, 2.45) is 23.2 Å². The van der Waals surface area contributed by atoms with Crippen molar-refractivity contribution in [3.05, 3.63) is 0 Å². The van der Waals surface area contributed by atoms with Gasteiger partial charge in [0.2, 0.25) is 0 Å². The molecule has 5 heteroatoms. The van der Waals surface area contributed by atoms with Crippen LogP contribution in [0.2, 0.25) is 18.1 Å². The van der Waals surface area contributed by atoms with E-state index >= 15 is 0 Å². The molecule has 182 valence electrons. The first-order valence-corrected chi connectivity index (χ1v) is 16.1. The van der Waals surface area contributed by atoms with Crippen LogP contribution in [0.25, 0.3) is 0 Å². The van der Waals surface area contributed by atoms with Gasteiger partial charge < -0.3 is 19.0 Å². The van der Waals surface area contributed by atoms with Gasteiger partial charge in [-0.3, -0.25) is 0 Å². The third-order valence-electron chi connectivity index (χ3n) is 9.77. The highest BCUT2D eigenvalue weighted by Gasteiger charge is 2.71. The van der Waals surface area contributed by atoms with Gasteiger partial charge in [0.25, 0.3) is 0 Å². The summed E-state index contributed by atoms with van der Waals surface area (Å²) in [6.07, 6.45) is 9.63. The Kier molecular flexibility index (Phi) is 6.96. The average molecular weight is 463 g/mol. The van der Waals surface area contributed by atoms with Gasteiger partial charge in [0, 0.05) is 11.8 Å². The molecule has 3 saturated carbocycles. The quantitative estimate of drug-likeness (QED) is 0.418. The Balaban J connectivity index is 1.58. The zero-order chi connectivity index (χ0) is 23.2. The summed E-state index contributed by atoms with van der Waals surface area (Å²) in [5.74, 6) is 7.72. The molecule has 0 aromatic heterocycles. The second-order valence-electron chi connectivity index (χ2n) is 12.4. The van der Waals surface area contributed by atoms with Crippen LogP contribution in [0.4, 0.5) is 0 Å². The van der Waals surface area contributed by atoms with Crippen LogP contribution >= 0.6 is 0 Å². The SMILES string of the molecule is CC[C@@]12CC[C@H](O)[C@@H](C#C[C@H](O[Si](C)(C)C(C)(C)C)C3CCCCC3)[C@@H]1CC21OCCO1. The molecule has 1 N–H and O–H groups in total. The number of rotatable bonds is 4. The highest BCUT2D eigenvalue weighted by molar-refractivity contribution is 6.74. The Morgan fingerprint density at radius 3 is 2.34 bits per heavy atom. The lowest BCUT2D eigenvalue weighted by Crippen LogP contribution is -2.68. The molecule has 32 heavy (non-hydrogen) atoms. The number of hydrogen-bond donors (Lipinski definition) is 1. The number of aliphatic hydroxyl groups excluding tert-OH is 1. The van der Waals surface area contributed by atoms with E-state index in [1.165, 1.54) is 32.1 Å². The molecule has 4 rings (SSSR count). The highest BCUT2D eigenvalue weighted by atomic mass is 28.4. The maximum atomic E-state index is 11.0. The minimum absolute atomic E-state index is 0.00268. The minimum Gasteiger partial charge on any atom is -0.403 e. The van der Waals surface area contributed by atoms with E-state index in [0.717, 1.165) is 25.7 Å². The summed E-state index contributed by atoms with van der Waals surface area (Å²) < 4.78 is 19.3. The van der Waals surface area contributed by atoms with Crippen LogP contribution in [0.1, 0.15) is 85.5 Å². The van der Waals surface area contributed by atoms with Gasteiger partial charge >= 0.3 is 0 Å². The predicted octanol–water partition coefficient (Wildman–Crippen LogP) is 5.89. The lowest BCUT2D eigenvalue weighted by molar-refractivity contribution is -0.351. The van der Waals surface area contributed by atoms with Crippen LogP contribution in [0, 0.1) is 35.0 Å². The first kappa shape index (κ1) is 24.7. The van der Waals surface area contributed by atoms with Crippen molar-refractivity contribution in [1.29, 1.82) is 0 Å². The maximum absolute atomic E-state index is 11.0. The van der Waals surface area contributed by atoms with Crippen molar-refractivity contribution in [2.75, 3.05) is 13.2 Å². The molecule has 4 fully saturated rings. The smallest absolute Gasteiger partial charge is 0.193 e. The van der Waals surface area contributed by atoms with Crippen LogP contribution in [0.3, 0.4) is 0 Å². The van der Waals surface area contributed by atoms with Crippen molar-refractivity contribution in [3.63, 3.8) is 0 Å². The van der Waals surface area contributed by atoms with Crippen LogP contribution in [0.5, 0.6) is 0 Å². The normalized spacial score (nSPS) is 36.2. The molecule has 0 amide bonds. The minimum atomic E-state index is -1.93. The third kappa shape index (κ3) is 4.13. The van der Waals surface area contributed by atoms with Crippen LogP contribution in [-0.2, 0) is 13.9 Å². The molecule has 4 nitrogen and oxygen atoms in total. The lowest BCUT2D eigenvalue weighted by atomic mass is 9.45.